The van der Waals surface area contributed by atoms with E-state index in [0.29, 0.717) is 5.56 Å². The molecular formula is C18H18FNO. The molecule has 2 nitrogen and oxygen atoms in total. The van der Waals surface area contributed by atoms with E-state index in [1.165, 1.54) is 17.7 Å². The van der Waals surface area contributed by atoms with Crippen molar-refractivity contribution >= 4 is 5.91 Å². The zero-order valence-electron chi connectivity index (χ0n) is 12.2. The number of carbonyl (C=O) groups is 1. The lowest BCUT2D eigenvalue weighted by molar-refractivity contribution is 0.0930. The third-order valence-corrected chi connectivity index (χ3v) is 4.27. The highest BCUT2D eigenvalue weighted by molar-refractivity contribution is 5.95. The molecule has 1 aliphatic rings. The Kier molecular flexibility index (Phi) is 3.28. The minimum Gasteiger partial charge on any atom is -0.343 e. The minimum atomic E-state index is -0.316. The molecule has 0 aromatic heterocycles. The van der Waals surface area contributed by atoms with E-state index in [9.17, 15) is 9.18 Å². The quantitative estimate of drug-likeness (QED) is 0.910. The molecule has 21 heavy (non-hydrogen) atoms. The van der Waals surface area contributed by atoms with Crippen LogP contribution in [0.3, 0.4) is 0 Å². The Morgan fingerprint density at radius 3 is 2.29 bits per heavy atom. The molecule has 2 aromatic rings. The average molecular weight is 283 g/mol. The number of amides is 1. The summed E-state index contributed by atoms with van der Waals surface area (Å²) in [5.74, 6) is -0.324. The van der Waals surface area contributed by atoms with Crippen LogP contribution >= 0.6 is 0 Å². The fourth-order valence-electron chi connectivity index (χ4n) is 2.55. The summed E-state index contributed by atoms with van der Waals surface area (Å²) in [6.07, 6.45) is 1.80. The van der Waals surface area contributed by atoms with Crippen molar-refractivity contribution in [3.63, 3.8) is 0 Å². The molecule has 1 aliphatic carbocycles. The van der Waals surface area contributed by atoms with Gasteiger partial charge in [-0.15, -0.1) is 0 Å². The Morgan fingerprint density at radius 1 is 1.05 bits per heavy atom. The number of hydrogen-bond acceptors (Lipinski definition) is 1. The maximum Gasteiger partial charge on any atom is 0.251 e. The second-order valence-electron chi connectivity index (χ2n) is 5.84. The second-order valence-corrected chi connectivity index (χ2v) is 5.84. The Labute approximate surface area is 124 Å². The van der Waals surface area contributed by atoms with Crippen molar-refractivity contribution in [3.05, 3.63) is 70.5 Å². The summed E-state index contributed by atoms with van der Waals surface area (Å²) in [7, 11) is 0. The lowest BCUT2D eigenvalue weighted by atomic mass is 10.0. The summed E-state index contributed by atoms with van der Waals surface area (Å²) in [6, 6.07) is 12.1. The van der Waals surface area contributed by atoms with Crippen molar-refractivity contribution < 1.29 is 9.18 Å². The number of nitrogens with one attached hydrogen (secondary N) is 1. The molecule has 3 rings (SSSR count). The second kappa shape index (κ2) is 4.99. The first-order valence-corrected chi connectivity index (χ1v) is 7.16. The highest BCUT2D eigenvalue weighted by Gasteiger charge is 2.45. The van der Waals surface area contributed by atoms with Crippen LogP contribution in [0.4, 0.5) is 4.39 Å². The number of rotatable bonds is 3. The summed E-state index contributed by atoms with van der Waals surface area (Å²) < 4.78 is 13.0. The number of hydrogen-bond donors (Lipinski definition) is 1. The Bertz CT molecular complexity index is 687. The SMILES string of the molecule is Cc1ccc(C(=O)NC2(c3ccc(F)cc3)CC2)cc1C. The lowest BCUT2D eigenvalue weighted by Crippen LogP contribution is -2.34. The molecule has 0 unspecified atom stereocenters. The van der Waals surface area contributed by atoms with E-state index in [-0.39, 0.29) is 17.3 Å². The molecule has 0 spiro atoms. The van der Waals surface area contributed by atoms with Gasteiger partial charge in [-0.05, 0) is 67.6 Å². The third-order valence-electron chi connectivity index (χ3n) is 4.27. The number of aryl methyl sites for hydroxylation is 2. The van der Waals surface area contributed by atoms with Gasteiger partial charge in [-0.25, -0.2) is 4.39 Å². The molecule has 0 radical (unpaired) electrons. The van der Waals surface area contributed by atoms with E-state index >= 15 is 0 Å². The lowest BCUT2D eigenvalue weighted by Gasteiger charge is -2.18. The van der Waals surface area contributed by atoms with Crippen LogP contribution in [0.2, 0.25) is 0 Å². The van der Waals surface area contributed by atoms with Gasteiger partial charge < -0.3 is 5.32 Å². The van der Waals surface area contributed by atoms with Gasteiger partial charge in [-0.3, -0.25) is 4.79 Å². The summed E-state index contributed by atoms with van der Waals surface area (Å²) in [5.41, 5.74) is 3.61. The fourth-order valence-corrected chi connectivity index (χ4v) is 2.55. The van der Waals surface area contributed by atoms with Gasteiger partial charge in [0.15, 0.2) is 0 Å². The molecule has 0 atom stereocenters. The summed E-state index contributed by atoms with van der Waals surface area (Å²) in [5, 5.41) is 3.10. The van der Waals surface area contributed by atoms with Crippen molar-refractivity contribution in [1.82, 2.24) is 5.32 Å². The van der Waals surface area contributed by atoms with Gasteiger partial charge in [-0.2, -0.15) is 0 Å². The van der Waals surface area contributed by atoms with Crippen molar-refractivity contribution in [1.29, 1.82) is 0 Å². The smallest absolute Gasteiger partial charge is 0.251 e. The Morgan fingerprint density at radius 2 is 1.71 bits per heavy atom. The van der Waals surface area contributed by atoms with Crippen molar-refractivity contribution in [2.75, 3.05) is 0 Å². The number of benzene rings is 2. The predicted molar refractivity (Wildman–Crippen MR) is 80.7 cm³/mol. The monoisotopic (exact) mass is 283 g/mol. The molecule has 0 heterocycles. The topological polar surface area (TPSA) is 29.1 Å². The number of halogens is 1. The zero-order chi connectivity index (χ0) is 15.0. The molecule has 0 aliphatic heterocycles. The van der Waals surface area contributed by atoms with Crippen LogP contribution in [0.15, 0.2) is 42.5 Å². The summed E-state index contributed by atoms with van der Waals surface area (Å²) >= 11 is 0. The molecule has 0 bridgehead atoms. The van der Waals surface area contributed by atoms with Gasteiger partial charge >= 0.3 is 0 Å². The average Bonchev–Trinajstić information content (AvgIpc) is 3.23. The Balaban J connectivity index is 1.81. The molecule has 0 saturated heterocycles. The standard InChI is InChI=1S/C18H18FNO/c1-12-3-4-14(11-13(12)2)17(21)20-18(9-10-18)15-5-7-16(19)8-6-15/h3-8,11H,9-10H2,1-2H3,(H,20,21). The molecule has 2 aromatic carbocycles. The van der Waals surface area contributed by atoms with Gasteiger partial charge in [0.2, 0.25) is 0 Å². The van der Waals surface area contributed by atoms with Crippen LogP contribution in [0, 0.1) is 19.7 Å². The van der Waals surface area contributed by atoms with Crippen LogP contribution < -0.4 is 5.32 Å². The maximum atomic E-state index is 13.0. The van der Waals surface area contributed by atoms with Crippen LogP contribution in [0.5, 0.6) is 0 Å². The molecule has 1 amide bonds. The van der Waals surface area contributed by atoms with Gasteiger partial charge in [0, 0.05) is 5.56 Å². The number of carbonyl (C=O) groups excluding carboxylic acids is 1. The molecular weight excluding hydrogens is 265 g/mol. The van der Waals surface area contributed by atoms with E-state index in [1.807, 2.05) is 32.0 Å². The van der Waals surface area contributed by atoms with Gasteiger partial charge in [-0.1, -0.05) is 18.2 Å². The van der Waals surface area contributed by atoms with Gasteiger partial charge in [0.1, 0.15) is 5.82 Å². The Hall–Kier alpha value is -2.16. The third kappa shape index (κ3) is 2.68. The first kappa shape index (κ1) is 13.8. The van der Waals surface area contributed by atoms with Crippen LogP contribution in [0.25, 0.3) is 0 Å². The van der Waals surface area contributed by atoms with Crippen LogP contribution in [-0.4, -0.2) is 5.91 Å². The van der Waals surface area contributed by atoms with E-state index in [0.717, 1.165) is 24.0 Å². The van der Waals surface area contributed by atoms with Crippen molar-refractivity contribution in [2.45, 2.75) is 32.2 Å². The molecule has 1 fully saturated rings. The van der Waals surface area contributed by atoms with E-state index in [1.54, 1.807) is 12.1 Å². The molecule has 3 heteroatoms. The van der Waals surface area contributed by atoms with Crippen LogP contribution in [0.1, 0.15) is 39.9 Å². The summed E-state index contributed by atoms with van der Waals surface area (Å²) in [4.78, 5) is 12.4. The van der Waals surface area contributed by atoms with E-state index < -0.39 is 0 Å². The maximum absolute atomic E-state index is 13.0. The molecule has 1 N–H and O–H groups in total. The largest absolute Gasteiger partial charge is 0.343 e. The fraction of sp³-hybridized carbons (Fsp3) is 0.278. The highest BCUT2D eigenvalue weighted by Crippen LogP contribution is 2.45. The van der Waals surface area contributed by atoms with Crippen molar-refractivity contribution in [2.24, 2.45) is 0 Å². The molecule has 1 saturated carbocycles. The van der Waals surface area contributed by atoms with E-state index in [2.05, 4.69) is 5.32 Å². The first-order valence-electron chi connectivity index (χ1n) is 7.16. The predicted octanol–water partition coefficient (Wildman–Crippen LogP) is 3.86. The van der Waals surface area contributed by atoms with Crippen LogP contribution in [-0.2, 0) is 5.54 Å². The highest BCUT2D eigenvalue weighted by atomic mass is 19.1. The van der Waals surface area contributed by atoms with E-state index in [4.69, 9.17) is 0 Å². The first-order chi connectivity index (χ1) is 10.00. The molecule has 108 valence electrons. The minimum absolute atomic E-state index is 0.0695. The summed E-state index contributed by atoms with van der Waals surface area (Å²) in [6.45, 7) is 4.02. The van der Waals surface area contributed by atoms with Gasteiger partial charge in [0.05, 0.1) is 5.54 Å². The van der Waals surface area contributed by atoms with Crippen molar-refractivity contribution in [3.8, 4) is 0 Å². The zero-order valence-corrected chi connectivity index (χ0v) is 12.2. The normalized spacial score (nSPS) is 15.6. The van der Waals surface area contributed by atoms with Gasteiger partial charge in [0.25, 0.3) is 5.91 Å².